The molecule has 5 heteroatoms. The van der Waals surface area contributed by atoms with E-state index in [-0.39, 0.29) is 29.7 Å². The van der Waals surface area contributed by atoms with Crippen LogP contribution in [0.2, 0.25) is 0 Å². The van der Waals surface area contributed by atoms with Gasteiger partial charge in [-0.25, -0.2) is 0 Å². The first-order valence-electron chi connectivity index (χ1n) is 6.68. The molecule has 18 heavy (non-hydrogen) atoms. The Kier molecular flexibility index (Phi) is 4.29. The Morgan fingerprint density at radius 1 is 1.33 bits per heavy atom. The van der Waals surface area contributed by atoms with Crippen molar-refractivity contribution in [2.45, 2.75) is 69.9 Å². The second kappa shape index (κ2) is 5.29. The van der Waals surface area contributed by atoms with E-state index < -0.39 is 16.8 Å². The molecule has 2 bridgehead atoms. The van der Waals surface area contributed by atoms with E-state index in [1.54, 1.807) is 0 Å². The summed E-state index contributed by atoms with van der Waals surface area (Å²) in [6.45, 7) is 10.4. The van der Waals surface area contributed by atoms with E-state index in [1.807, 2.05) is 34.6 Å². The summed E-state index contributed by atoms with van der Waals surface area (Å²) in [5.41, 5.74) is -0.510. The van der Waals surface area contributed by atoms with Crippen molar-refractivity contribution in [3.05, 3.63) is 0 Å². The van der Waals surface area contributed by atoms with Gasteiger partial charge in [0.1, 0.15) is 18.0 Å². The fourth-order valence-electron chi connectivity index (χ4n) is 2.81. The Morgan fingerprint density at radius 3 is 2.50 bits per heavy atom. The number of hydrogen-bond donors (Lipinski definition) is 0. The summed E-state index contributed by atoms with van der Waals surface area (Å²) >= 11 is -0.872. The first-order chi connectivity index (χ1) is 8.35. The molecule has 2 rings (SSSR count). The van der Waals surface area contributed by atoms with Gasteiger partial charge >= 0.3 is 0 Å². The van der Waals surface area contributed by atoms with Crippen LogP contribution in [0, 0.1) is 0 Å². The normalized spacial score (nSPS) is 43.3. The molecule has 2 heterocycles. The summed E-state index contributed by atoms with van der Waals surface area (Å²) in [5, 5.41) is -0.0110. The highest BCUT2D eigenvalue weighted by Crippen LogP contribution is 2.46. The van der Waals surface area contributed by atoms with Crippen molar-refractivity contribution in [2.75, 3.05) is 12.4 Å². The quantitative estimate of drug-likeness (QED) is 0.714. The fourth-order valence-corrected chi connectivity index (χ4v) is 4.88. The standard InChI is InChI=1S/C13H24O4S/c1-8(2)15-6-13-7-18(14)11(10(5)17-13)12(13)16-9(3)4/h8-12H,6-7H2,1-5H3/t10-,11-,12-,13-,18?/m0/s1. The lowest BCUT2D eigenvalue weighted by molar-refractivity contribution is -0.140. The second-order valence-corrected chi connectivity index (χ2v) is 7.44. The lowest BCUT2D eigenvalue weighted by atomic mass is 9.99. The van der Waals surface area contributed by atoms with Gasteiger partial charge in [0, 0.05) is 0 Å². The van der Waals surface area contributed by atoms with Crippen molar-refractivity contribution < 1.29 is 18.8 Å². The topological polar surface area (TPSA) is 50.8 Å². The molecule has 0 aliphatic carbocycles. The van der Waals surface area contributed by atoms with Crippen molar-refractivity contribution in [1.82, 2.24) is 0 Å². The van der Waals surface area contributed by atoms with E-state index in [9.17, 15) is 4.55 Å². The van der Waals surface area contributed by atoms with Crippen molar-refractivity contribution in [3.8, 4) is 0 Å². The van der Waals surface area contributed by atoms with Gasteiger partial charge in [-0.3, -0.25) is 0 Å². The van der Waals surface area contributed by atoms with Crippen LogP contribution < -0.4 is 0 Å². The number of rotatable bonds is 5. The maximum Gasteiger partial charge on any atom is 0.170 e. The molecule has 0 N–H and O–H groups in total. The number of hydrogen-bond acceptors (Lipinski definition) is 4. The van der Waals surface area contributed by atoms with E-state index in [2.05, 4.69) is 0 Å². The van der Waals surface area contributed by atoms with Crippen LogP contribution in [0.1, 0.15) is 34.6 Å². The van der Waals surface area contributed by atoms with Crippen molar-refractivity contribution in [3.63, 3.8) is 0 Å². The van der Waals surface area contributed by atoms with E-state index >= 15 is 0 Å². The van der Waals surface area contributed by atoms with E-state index in [0.29, 0.717) is 12.4 Å². The third-order valence-corrected chi connectivity index (χ3v) is 5.48. The van der Waals surface area contributed by atoms with Crippen LogP contribution in [0.3, 0.4) is 0 Å². The minimum atomic E-state index is -0.872. The van der Waals surface area contributed by atoms with Crippen molar-refractivity contribution in [1.29, 1.82) is 0 Å². The van der Waals surface area contributed by atoms with Crippen LogP contribution in [0.4, 0.5) is 0 Å². The average molecular weight is 276 g/mol. The molecule has 0 spiro atoms. The van der Waals surface area contributed by atoms with Crippen LogP contribution in [-0.4, -0.2) is 52.2 Å². The van der Waals surface area contributed by atoms with Gasteiger partial charge in [-0.15, -0.1) is 0 Å². The molecule has 4 nitrogen and oxygen atoms in total. The molecule has 0 aromatic carbocycles. The minimum Gasteiger partial charge on any atom is -0.616 e. The van der Waals surface area contributed by atoms with Crippen LogP contribution in [0.15, 0.2) is 0 Å². The highest BCUT2D eigenvalue weighted by Gasteiger charge is 2.68. The summed E-state index contributed by atoms with van der Waals surface area (Å²) in [5.74, 6) is 0.534. The summed E-state index contributed by atoms with van der Waals surface area (Å²) < 4.78 is 29.9. The number of ether oxygens (including phenoxy) is 3. The summed E-state index contributed by atoms with van der Waals surface area (Å²) in [6.07, 6.45) is 0.136. The SMILES string of the molecule is CC(C)OC[C@@]12C[S+]([O-])[C@@H]([C@H](C)O1)[C@@H]2OC(C)C. The van der Waals surface area contributed by atoms with E-state index in [0.717, 1.165) is 0 Å². The molecule has 2 aliphatic rings. The molecule has 0 amide bonds. The van der Waals surface area contributed by atoms with Crippen LogP contribution in [0.25, 0.3) is 0 Å². The first-order valence-corrected chi connectivity index (χ1v) is 8.06. The molecule has 0 radical (unpaired) electrons. The summed E-state index contributed by atoms with van der Waals surface area (Å²) in [4.78, 5) is 0. The van der Waals surface area contributed by atoms with Gasteiger partial charge in [-0.2, -0.15) is 0 Å². The van der Waals surface area contributed by atoms with E-state index in [1.165, 1.54) is 0 Å². The molecule has 106 valence electrons. The van der Waals surface area contributed by atoms with Gasteiger partial charge in [0.15, 0.2) is 10.9 Å². The van der Waals surface area contributed by atoms with Gasteiger partial charge < -0.3 is 18.8 Å². The van der Waals surface area contributed by atoms with Crippen molar-refractivity contribution in [2.24, 2.45) is 0 Å². The van der Waals surface area contributed by atoms with E-state index in [4.69, 9.17) is 14.2 Å². The predicted octanol–water partition coefficient (Wildman–Crippen LogP) is 1.49. The predicted molar refractivity (Wildman–Crippen MR) is 71.2 cm³/mol. The van der Waals surface area contributed by atoms with Gasteiger partial charge in [0.2, 0.25) is 0 Å². The zero-order valence-corrected chi connectivity index (χ0v) is 12.7. The van der Waals surface area contributed by atoms with Crippen LogP contribution >= 0.6 is 0 Å². The van der Waals surface area contributed by atoms with Gasteiger partial charge in [-0.05, 0) is 45.8 Å². The van der Waals surface area contributed by atoms with Gasteiger partial charge in [0.25, 0.3) is 0 Å². The zero-order chi connectivity index (χ0) is 13.5. The first kappa shape index (κ1) is 14.6. The Balaban J connectivity index is 2.14. The maximum atomic E-state index is 12.2. The highest BCUT2D eigenvalue weighted by molar-refractivity contribution is 7.92. The van der Waals surface area contributed by atoms with Gasteiger partial charge in [0.05, 0.1) is 18.8 Å². The average Bonchev–Trinajstić information content (AvgIpc) is 2.62. The summed E-state index contributed by atoms with van der Waals surface area (Å²) in [6, 6.07) is 0. The molecular weight excluding hydrogens is 252 g/mol. The minimum absolute atomic E-state index is 0.0110. The Bertz CT molecular complexity index is 283. The third-order valence-electron chi connectivity index (χ3n) is 3.47. The molecule has 2 saturated heterocycles. The molecule has 2 fully saturated rings. The number of fused-ring (bicyclic) bond motifs is 2. The molecule has 1 unspecified atom stereocenters. The van der Waals surface area contributed by atoms with Crippen LogP contribution in [0.5, 0.6) is 0 Å². The largest absolute Gasteiger partial charge is 0.616 e. The molecule has 0 saturated carbocycles. The molecule has 0 aromatic rings. The summed E-state index contributed by atoms with van der Waals surface area (Å²) in [7, 11) is 0. The zero-order valence-electron chi connectivity index (χ0n) is 11.8. The Morgan fingerprint density at radius 2 is 2.00 bits per heavy atom. The monoisotopic (exact) mass is 276 g/mol. The molecule has 5 atom stereocenters. The smallest absolute Gasteiger partial charge is 0.170 e. The van der Waals surface area contributed by atoms with Crippen LogP contribution in [-0.2, 0) is 25.4 Å². The third kappa shape index (κ3) is 2.56. The lowest BCUT2D eigenvalue weighted by Gasteiger charge is -2.31. The second-order valence-electron chi connectivity index (χ2n) is 5.84. The fraction of sp³-hybridized carbons (Fsp3) is 1.00. The molecular formula is C13H24O4S. The van der Waals surface area contributed by atoms with Crippen molar-refractivity contribution >= 4 is 11.2 Å². The maximum absolute atomic E-state index is 12.2. The Hall–Kier alpha value is 0.190. The highest BCUT2D eigenvalue weighted by atomic mass is 32.2. The lowest BCUT2D eigenvalue weighted by Crippen LogP contribution is -2.48. The molecule has 0 aromatic heterocycles. The molecule has 2 aliphatic heterocycles. The van der Waals surface area contributed by atoms with Gasteiger partial charge in [-0.1, -0.05) is 0 Å². The Labute approximate surface area is 113 Å².